The summed E-state index contributed by atoms with van der Waals surface area (Å²) < 4.78 is 0. The maximum Gasteiger partial charge on any atom is 0.0931 e. The predicted octanol–water partition coefficient (Wildman–Crippen LogP) is 3.47. The maximum absolute atomic E-state index is 5.61. The summed E-state index contributed by atoms with van der Waals surface area (Å²) in [6.45, 7) is 2.86. The zero-order valence-electron chi connectivity index (χ0n) is 10.9. The van der Waals surface area contributed by atoms with Crippen LogP contribution in [0.25, 0.3) is 0 Å². The molecule has 0 radical (unpaired) electrons. The number of nitrogens with zero attached hydrogens (tertiary/aromatic N) is 1. The number of nitrogens with two attached hydrogens (primary N) is 1. The Balaban J connectivity index is 1.83. The summed E-state index contributed by atoms with van der Waals surface area (Å²) in [7, 11) is 0. The molecule has 2 rings (SSSR count). The zero-order valence-corrected chi connectivity index (χ0v) is 11.7. The molecule has 1 aromatic rings. The van der Waals surface area contributed by atoms with Gasteiger partial charge >= 0.3 is 0 Å². The molecule has 0 aromatic carbocycles. The number of aryl methyl sites for hydroxylation is 2. The second-order valence-corrected chi connectivity index (χ2v) is 6.37. The molecule has 1 saturated carbocycles. The minimum atomic E-state index is 0.741. The number of hydrogen-bond donors (Lipinski definition) is 1. The van der Waals surface area contributed by atoms with Gasteiger partial charge in [0, 0.05) is 4.88 Å². The summed E-state index contributed by atoms with van der Waals surface area (Å²) in [5, 5.41) is 1.33. The van der Waals surface area contributed by atoms with Gasteiger partial charge in [0.15, 0.2) is 0 Å². The molecule has 3 heteroatoms. The van der Waals surface area contributed by atoms with Crippen molar-refractivity contribution in [3.05, 3.63) is 15.6 Å². The molecule has 1 fully saturated rings. The Morgan fingerprint density at radius 2 is 2.00 bits per heavy atom. The molecular formula is C14H24N2S. The van der Waals surface area contributed by atoms with Gasteiger partial charge in [0.05, 0.1) is 10.7 Å². The summed E-state index contributed by atoms with van der Waals surface area (Å²) in [5.74, 6) is 0.964. The van der Waals surface area contributed by atoms with E-state index in [1.165, 1.54) is 60.5 Å². The van der Waals surface area contributed by atoms with Crippen molar-refractivity contribution >= 4 is 11.3 Å². The fourth-order valence-electron chi connectivity index (χ4n) is 2.76. The van der Waals surface area contributed by atoms with Crippen LogP contribution in [0.3, 0.4) is 0 Å². The Labute approximate surface area is 109 Å². The third-order valence-corrected chi connectivity index (χ3v) is 5.08. The Hall–Kier alpha value is -0.410. The second-order valence-electron chi connectivity index (χ2n) is 5.20. The average molecular weight is 252 g/mol. The van der Waals surface area contributed by atoms with Crippen LogP contribution in [0.1, 0.15) is 54.1 Å². The number of aromatic nitrogens is 1. The van der Waals surface area contributed by atoms with E-state index < -0.39 is 0 Å². The molecule has 1 heterocycles. The first-order valence-electron chi connectivity index (χ1n) is 6.95. The molecule has 1 aromatic heterocycles. The van der Waals surface area contributed by atoms with Crippen molar-refractivity contribution in [3.8, 4) is 0 Å². The molecule has 0 bridgehead atoms. The highest BCUT2D eigenvalue weighted by atomic mass is 32.1. The number of thiazole rings is 1. The van der Waals surface area contributed by atoms with E-state index in [-0.39, 0.29) is 0 Å². The molecule has 0 unspecified atom stereocenters. The van der Waals surface area contributed by atoms with Crippen molar-refractivity contribution < 1.29 is 0 Å². The van der Waals surface area contributed by atoms with Crippen molar-refractivity contribution in [2.45, 2.75) is 58.3 Å². The van der Waals surface area contributed by atoms with Gasteiger partial charge in [0.2, 0.25) is 0 Å². The lowest BCUT2D eigenvalue weighted by Crippen LogP contribution is -2.07. The van der Waals surface area contributed by atoms with E-state index in [1.54, 1.807) is 0 Å². The molecule has 17 heavy (non-hydrogen) atoms. The van der Waals surface area contributed by atoms with Crippen LogP contribution in [0.2, 0.25) is 0 Å². The number of hydrogen-bond acceptors (Lipinski definition) is 3. The second kappa shape index (κ2) is 6.50. The lowest BCUT2D eigenvalue weighted by molar-refractivity contribution is 0.339. The standard InChI is InChI=1S/C14H24N2S/c1-11-13(9-10-15)17-14(16-11)8-7-12-5-3-2-4-6-12/h12H,2-10,15H2,1H3. The van der Waals surface area contributed by atoms with E-state index in [0.29, 0.717) is 0 Å². The largest absolute Gasteiger partial charge is 0.330 e. The van der Waals surface area contributed by atoms with Gasteiger partial charge in [-0.1, -0.05) is 32.1 Å². The summed E-state index contributed by atoms with van der Waals surface area (Å²) in [6.07, 6.45) is 10.7. The van der Waals surface area contributed by atoms with E-state index in [0.717, 1.165) is 18.9 Å². The molecule has 0 saturated heterocycles. The molecule has 2 nitrogen and oxygen atoms in total. The highest BCUT2D eigenvalue weighted by Crippen LogP contribution is 2.28. The first-order chi connectivity index (χ1) is 8.29. The first-order valence-corrected chi connectivity index (χ1v) is 7.76. The minimum Gasteiger partial charge on any atom is -0.330 e. The van der Waals surface area contributed by atoms with Gasteiger partial charge in [-0.2, -0.15) is 0 Å². The van der Waals surface area contributed by atoms with Crippen LogP contribution in [0.15, 0.2) is 0 Å². The molecule has 0 aliphatic heterocycles. The van der Waals surface area contributed by atoms with Gasteiger partial charge in [0.25, 0.3) is 0 Å². The minimum absolute atomic E-state index is 0.741. The molecule has 96 valence electrons. The van der Waals surface area contributed by atoms with Gasteiger partial charge in [0.1, 0.15) is 0 Å². The van der Waals surface area contributed by atoms with Crippen molar-refractivity contribution in [2.24, 2.45) is 11.7 Å². The highest BCUT2D eigenvalue weighted by Gasteiger charge is 2.14. The van der Waals surface area contributed by atoms with Gasteiger partial charge in [-0.3, -0.25) is 0 Å². The van der Waals surface area contributed by atoms with Crippen LogP contribution in [0, 0.1) is 12.8 Å². The molecule has 1 aliphatic rings. The molecular weight excluding hydrogens is 228 g/mol. The van der Waals surface area contributed by atoms with Crippen LogP contribution in [0.4, 0.5) is 0 Å². The van der Waals surface area contributed by atoms with Crippen molar-refractivity contribution in [1.82, 2.24) is 4.98 Å². The third kappa shape index (κ3) is 3.78. The third-order valence-electron chi connectivity index (χ3n) is 3.80. The van der Waals surface area contributed by atoms with E-state index >= 15 is 0 Å². The van der Waals surface area contributed by atoms with Gasteiger partial charge in [-0.15, -0.1) is 11.3 Å². The van der Waals surface area contributed by atoms with E-state index in [1.807, 2.05) is 11.3 Å². The summed E-state index contributed by atoms with van der Waals surface area (Å²) in [4.78, 5) is 6.07. The van der Waals surface area contributed by atoms with Crippen molar-refractivity contribution in [2.75, 3.05) is 6.54 Å². The van der Waals surface area contributed by atoms with Crippen LogP contribution in [0.5, 0.6) is 0 Å². The molecule has 0 atom stereocenters. The summed E-state index contributed by atoms with van der Waals surface area (Å²) >= 11 is 1.88. The lowest BCUT2D eigenvalue weighted by Gasteiger charge is -2.20. The van der Waals surface area contributed by atoms with Crippen molar-refractivity contribution in [3.63, 3.8) is 0 Å². The van der Waals surface area contributed by atoms with Gasteiger partial charge in [-0.05, 0) is 38.6 Å². The Morgan fingerprint density at radius 1 is 1.24 bits per heavy atom. The topological polar surface area (TPSA) is 38.9 Å². The average Bonchev–Trinajstić information content (AvgIpc) is 2.70. The van der Waals surface area contributed by atoms with Gasteiger partial charge in [-0.25, -0.2) is 4.98 Å². The van der Waals surface area contributed by atoms with E-state index in [2.05, 4.69) is 11.9 Å². The van der Waals surface area contributed by atoms with E-state index in [4.69, 9.17) is 5.73 Å². The lowest BCUT2D eigenvalue weighted by atomic mass is 9.86. The highest BCUT2D eigenvalue weighted by molar-refractivity contribution is 7.11. The normalized spacial score (nSPS) is 17.5. The monoisotopic (exact) mass is 252 g/mol. The Bertz CT molecular complexity index is 340. The maximum atomic E-state index is 5.61. The van der Waals surface area contributed by atoms with Crippen LogP contribution >= 0.6 is 11.3 Å². The van der Waals surface area contributed by atoms with Gasteiger partial charge < -0.3 is 5.73 Å². The fraction of sp³-hybridized carbons (Fsp3) is 0.786. The fourth-order valence-corrected chi connectivity index (χ4v) is 3.86. The predicted molar refractivity (Wildman–Crippen MR) is 74.5 cm³/mol. The van der Waals surface area contributed by atoms with Crippen LogP contribution in [-0.4, -0.2) is 11.5 Å². The van der Waals surface area contributed by atoms with Crippen LogP contribution in [-0.2, 0) is 12.8 Å². The molecule has 0 amide bonds. The Morgan fingerprint density at radius 3 is 2.71 bits per heavy atom. The van der Waals surface area contributed by atoms with E-state index in [9.17, 15) is 0 Å². The Kier molecular flexibility index (Phi) is 4.99. The molecule has 2 N–H and O–H groups in total. The first kappa shape index (κ1) is 13.0. The molecule has 1 aliphatic carbocycles. The quantitative estimate of drug-likeness (QED) is 0.871. The number of rotatable bonds is 5. The molecule has 0 spiro atoms. The zero-order chi connectivity index (χ0) is 12.1. The summed E-state index contributed by atoms with van der Waals surface area (Å²) in [5.41, 5.74) is 6.82. The van der Waals surface area contributed by atoms with Crippen molar-refractivity contribution in [1.29, 1.82) is 0 Å². The SMILES string of the molecule is Cc1nc(CCC2CCCCC2)sc1CCN. The smallest absolute Gasteiger partial charge is 0.0931 e. The summed E-state index contributed by atoms with van der Waals surface area (Å²) in [6, 6.07) is 0. The van der Waals surface area contributed by atoms with Crippen LogP contribution < -0.4 is 5.73 Å².